The van der Waals surface area contributed by atoms with Gasteiger partial charge in [0.25, 0.3) is 0 Å². The molecule has 2 aromatic rings. The van der Waals surface area contributed by atoms with Crippen LogP contribution in [0.5, 0.6) is 0 Å². The Bertz CT molecular complexity index is 730. The van der Waals surface area contributed by atoms with E-state index in [0.717, 1.165) is 17.8 Å². The number of aromatic nitrogens is 2. The molecule has 0 aliphatic heterocycles. The molecule has 0 radical (unpaired) electrons. The van der Waals surface area contributed by atoms with E-state index < -0.39 is 0 Å². The maximum absolute atomic E-state index is 12.3. The summed E-state index contributed by atoms with van der Waals surface area (Å²) in [5.41, 5.74) is 0.941. The third kappa shape index (κ3) is 5.51. The highest BCUT2D eigenvalue weighted by atomic mass is 35.5. The summed E-state index contributed by atoms with van der Waals surface area (Å²) in [6.07, 6.45) is 6.18. The summed E-state index contributed by atoms with van der Waals surface area (Å²) in [4.78, 5) is 18.3. The smallest absolute Gasteiger partial charge is 0.318 e. The van der Waals surface area contributed by atoms with E-state index in [1.54, 1.807) is 23.2 Å². The first kappa shape index (κ1) is 19.3. The van der Waals surface area contributed by atoms with Crippen molar-refractivity contribution in [2.45, 2.75) is 26.4 Å². The molecule has 7 heteroatoms. The number of halogens is 2. The zero-order valence-corrected chi connectivity index (χ0v) is 15.7. The van der Waals surface area contributed by atoms with Gasteiger partial charge in [-0.3, -0.25) is 0 Å². The Morgan fingerprint density at radius 2 is 2.24 bits per heavy atom. The Hall–Kier alpha value is -1.98. The van der Waals surface area contributed by atoms with E-state index in [0.29, 0.717) is 36.2 Å². The maximum atomic E-state index is 12.3. The molecule has 2 rings (SSSR count). The van der Waals surface area contributed by atoms with Crippen molar-refractivity contribution in [3.63, 3.8) is 0 Å². The monoisotopic (exact) mass is 380 g/mol. The Kier molecular flexibility index (Phi) is 7.34. The molecule has 1 aromatic carbocycles. The fourth-order valence-corrected chi connectivity index (χ4v) is 2.83. The summed E-state index contributed by atoms with van der Waals surface area (Å²) < 4.78 is 1.97. The Labute approximate surface area is 158 Å². The van der Waals surface area contributed by atoms with Gasteiger partial charge in [-0.25, -0.2) is 9.78 Å². The van der Waals surface area contributed by atoms with Gasteiger partial charge < -0.3 is 14.8 Å². The van der Waals surface area contributed by atoms with Crippen LogP contribution in [0.3, 0.4) is 0 Å². The molecule has 0 aliphatic carbocycles. The minimum absolute atomic E-state index is 0.124. The van der Waals surface area contributed by atoms with Gasteiger partial charge in [0.2, 0.25) is 0 Å². The second-order valence-electron chi connectivity index (χ2n) is 5.61. The minimum atomic E-state index is -0.124. The first-order valence-corrected chi connectivity index (χ1v) is 8.88. The number of imidazole rings is 1. The molecule has 25 heavy (non-hydrogen) atoms. The second-order valence-corrected chi connectivity index (χ2v) is 6.45. The lowest BCUT2D eigenvalue weighted by Crippen LogP contribution is -2.40. The van der Waals surface area contributed by atoms with E-state index >= 15 is 0 Å². The van der Waals surface area contributed by atoms with E-state index in [1.165, 1.54) is 0 Å². The SMILES string of the molecule is C=CCN(Cc1nccn1Cc1ccc(Cl)cc1Cl)C(=O)NCCC. The van der Waals surface area contributed by atoms with Crippen molar-refractivity contribution in [2.75, 3.05) is 13.1 Å². The van der Waals surface area contributed by atoms with Crippen LogP contribution in [0.15, 0.2) is 43.2 Å². The van der Waals surface area contributed by atoms with Gasteiger partial charge in [-0.15, -0.1) is 6.58 Å². The van der Waals surface area contributed by atoms with Crippen LogP contribution in [0.25, 0.3) is 0 Å². The van der Waals surface area contributed by atoms with Crippen molar-refractivity contribution < 1.29 is 4.79 Å². The quantitative estimate of drug-likeness (QED) is 0.692. The number of carbonyl (C=O) groups is 1. The Morgan fingerprint density at radius 3 is 2.92 bits per heavy atom. The maximum Gasteiger partial charge on any atom is 0.318 e. The second kappa shape index (κ2) is 9.49. The highest BCUT2D eigenvalue weighted by Gasteiger charge is 2.15. The van der Waals surface area contributed by atoms with Crippen molar-refractivity contribution in [2.24, 2.45) is 0 Å². The molecule has 1 aromatic heterocycles. The minimum Gasteiger partial charge on any atom is -0.338 e. The van der Waals surface area contributed by atoms with Crippen LogP contribution >= 0.6 is 23.2 Å². The molecule has 0 atom stereocenters. The van der Waals surface area contributed by atoms with Crippen LogP contribution in [-0.2, 0) is 13.1 Å². The highest BCUT2D eigenvalue weighted by molar-refractivity contribution is 6.35. The number of carbonyl (C=O) groups excluding carboxylic acids is 1. The summed E-state index contributed by atoms with van der Waals surface area (Å²) in [7, 11) is 0. The van der Waals surface area contributed by atoms with Crippen molar-refractivity contribution in [1.29, 1.82) is 0 Å². The normalized spacial score (nSPS) is 10.5. The van der Waals surface area contributed by atoms with Crippen LogP contribution in [0.2, 0.25) is 10.0 Å². The lowest BCUT2D eigenvalue weighted by molar-refractivity contribution is 0.199. The van der Waals surface area contributed by atoms with Crippen molar-refractivity contribution >= 4 is 29.2 Å². The molecule has 2 amide bonds. The van der Waals surface area contributed by atoms with Crippen molar-refractivity contribution in [1.82, 2.24) is 19.8 Å². The lowest BCUT2D eigenvalue weighted by atomic mass is 10.2. The number of benzene rings is 1. The number of amides is 2. The fraction of sp³-hybridized carbons (Fsp3) is 0.333. The standard InChI is InChI=1S/C18H22Cl2N4O/c1-3-7-22-18(25)24(9-4-2)13-17-21-8-10-23(17)12-14-5-6-15(19)11-16(14)20/h4-6,8,10-11H,2-3,7,9,12-13H2,1H3,(H,22,25). The van der Waals surface area contributed by atoms with E-state index in [9.17, 15) is 4.79 Å². The molecular weight excluding hydrogens is 359 g/mol. The molecule has 0 bridgehead atoms. The summed E-state index contributed by atoms with van der Waals surface area (Å²) in [6.45, 7) is 7.77. The number of hydrogen-bond donors (Lipinski definition) is 1. The van der Waals surface area contributed by atoms with Gasteiger partial charge in [-0.05, 0) is 24.1 Å². The number of rotatable bonds is 8. The van der Waals surface area contributed by atoms with E-state index in [-0.39, 0.29) is 6.03 Å². The average molecular weight is 381 g/mol. The molecule has 0 fully saturated rings. The van der Waals surface area contributed by atoms with Crippen LogP contribution < -0.4 is 5.32 Å². The fourth-order valence-electron chi connectivity index (χ4n) is 2.36. The summed E-state index contributed by atoms with van der Waals surface area (Å²) in [6, 6.07) is 5.30. The van der Waals surface area contributed by atoms with Gasteiger partial charge in [0.1, 0.15) is 5.82 Å². The highest BCUT2D eigenvalue weighted by Crippen LogP contribution is 2.22. The number of nitrogens with zero attached hydrogens (tertiary/aromatic N) is 3. The van der Waals surface area contributed by atoms with E-state index in [2.05, 4.69) is 16.9 Å². The molecule has 0 spiro atoms. The number of nitrogens with one attached hydrogen (secondary N) is 1. The third-order valence-electron chi connectivity index (χ3n) is 3.65. The van der Waals surface area contributed by atoms with E-state index in [4.69, 9.17) is 23.2 Å². The van der Waals surface area contributed by atoms with E-state index in [1.807, 2.05) is 29.8 Å². The van der Waals surface area contributed by atoms with Gasteiger partial charge in [0.05, 0.1) is 13.1 Å². The first-order valence-electron chi connectivity index (χ1n) is 8.12. The molecular formula is C18H22Cl2N4O. The van der Waals surface area contributed by atoms with Gasteiger partial charge >= 0.3 is 6.03 Å². The molecule has 0 aliphatic rings. The molecule has 5 nitrogen and oxygen atoms in total. The molecule has 0 unspecified atom stereocenters. The number of hydrogen-bond acceptors (Lipinski definition) is 2. The van der Waals surface area contributed by atoms with Crippen LogP contribution in [-0.4, -0.2) is 33.6 Å². The van der Waals surface area contributed by atoms with Crippen LogP contribution in [0.1, 0.15) is 24.7 Å². The molecule has 134 valence electrons. The molecule has 1 N–H and O–H groups in total. The third-order valence-corrected chi connectivity index (χ3v) is 4.24. The molecule has 0 saturated heterocycles. The average Bonchev–Trinajstić information content (AvgIpc) is 3.01. The zero-order chi connectivity index (χ0) is 18.2. The summed E-state index contributed by atoms with van der Waals surface area (Å²) >= 11 is 12.2. The lowest BCUT2D eigenvalue weighted by Gasteiger charge is -2.22. The van der Waals surface area contributed by atoms with Gasteiger partial charge in [-0.1, -0.05) is 42.3 Å². The topological polar surface area (TPSA) is 50.2 Å². The number of urea groups is 1. The summed E-state index contributed by atoms with van der Waals surface area (Å²) in [5.74, 6) is 0.777. The van der Waals surface area contributed by atoms with Crippen LogP contribution in [0.4, 0.5) is 4.79 Å². The van der Waals surface area contributed by atoms with Crippen LogP contribution in [0, 0.1) is 0 Å². The first-order chi connectivity index (χ1) is 12.0. The largest absolute Gasteiger partial charge is 0.338 e. The van der Waals surface area contributed by atoms with Gasteiger partial charge in [-0.2, -0.15) is 0 Å². The van der Waals surface area contributed by atoms with Gasteiger partial charge in [0, 0.05) is 35.5 Å². The predicted molar refractivity (Wildman–Crippen MR) is 102 cm³/mol. The Morgan fingerprint density at radius 1 is 1.44 bits per heavy atom. The molecule has 0 saturated carbocycles. The van der Waals surface area contributed by atoms with Gasteiger partial charge in [0.15, 0.2) is 0 Å². The zero-order valence-electron chi connectivity index (χ0n) is 14.2. The predicted octanol–water partition coefficient (Wildman–Crippen LogP) is 4.35. The summed E-state index contributed by atoms with van der Waals surface area (Å²) in [5, 5.41) is 4.09. The molecule has 1 heterocycles. The van der Waals surface area contributed by atoms with Crippen molar-refractivity contribution in [3.05, 3.63) is 64.7 Å². The Balaban J connectivity index is 2.13. The van der Waals surface area contributed by atoms with Crippen molar-refractivity contribution in [3.8, 4) is 0 Å².